The molecule has 0 radical (unpaired) electrons. The maximum atomic E-state index is 14.6. The molecule has 1 aromatic carbocycles. The number of cyclic esters (lactones) is 1. The number of carbonyl (C=O) groups is 1. The van der Waals surface area contributed by atoms with Gasteiger partial charge in [-0.1, -0.05) is 51.0 Å². The molecular formula is C56H94FN5O14S. The second-order valence-electron chi connectivity index (χ2n) is 24.2. The fraction of sp³-hybridized carbons (Fsp3) is 0.839. The number of aliphatic hydroxyl groups is 5. The number of esters is 1. The number of aromatic nitrogens is 3. The zero-order valence-corrected chi connectivity index (χ0v) is 48.9. The SMILES string of the molecule is CC[C@H]1OC(=O)[C@H](C)[C@@H](O[C@H]2C[C@@](C)(OC)[C@@H](O)[C@H](C)O2)[C@H](C)[C@@H](O[C@@H]2O[C@H](C)C[C@H](N(C)CCc3cn([C@H](CF)Cc4ccc(S(=O)(=O)CC5CCCC5)cc4)nn3)[C@H]2O)[C@](C)(O)C[C@@H](C)CN(C)[C@H](C)[C@@H](O)[C@]1(C)O. The Balaban J connectivity index is 1.22. The van der Waals surface area contributed by atoms with Gasteiger partial charge in [0.05, 0.1) is 63.9 Å². The summed E-state index contributed by atoms with van der Waals surface area (Å²) in [5.74, 6) is -2.56. The smallest absolute Gasteiger partial charge is 0.311 e. The molecule has 0 bridgehead atoms. The molecule has 1 aromatic heterocycles. The average molecular weight is 1110 g/mol. The monoisotopic (exact) mass is 1110 g/mol. The van der Waals surface area contributed by atoms with E-state index in [9.17, 15) is 43.1 Å². The number of aliphatic hydroxyl groups excluding tert-OH is 3. The third kappa shape index (κ3) is 15.2. The maximum absolute atomic E-state index is 14.6. The van der Waals surface area contributed by atoms with Crippen LogP contribution in [0, 0.1) is 23.7 Å². The summed E-state index contributed by atoms with van der Waals surface area (Å²) in [5, 5.41) is 68.5. The van der Waals surface area contributed by atoms with Crippen molar-refractivity contribution in [2.75, 3.05) is 46.7 Å². The normalized spacial score (nSPS) is 39.3. The van der Waals surface area contributed by atoms with Crippen LogP contribution in [0.25, 0.3) is 0 Å². The van der Waals surface area contributed by atoms with Gasteiger partial charge in [-0.15, -0.1) is 5.10 Å². The lowest BCUT2D eigenvalue weighted by Crippen LogP contribution is -2.61. The summed E-state index contributed by atoms with van der Waals surface area (Å²) in [6.07, 6.45) is -3.16. The van der Waals surface area contributed by atoms with Crippen LogP contribution in [0.15, 0.2) is 35.4 Å². The number of methoxy groups -OCH3 is 1. The van der Waals surface area contributed by atoms with Gasteiger partial charge < -0.3 is 63.8 Å². The summed E-state index contributed by atoms with van der Waals surface area (Å²) in [6.45, 7) is 17.5. The molecule has 0 unspecified atom stereocenters. The van der Waals surface area contributed by atoms with Crippen molar-refractivity contribution in [3.8, 4) is 0 Å². The van der Waals surface area contributed by atoms with E-state index in [2.05, 4.69) is 10.3 Å². The molecule has 5 N–H and O–H groups in total. The van der Waals surface area contributed by atoms with Crippen LogP contribution in [0.1, 0.15) is 138 Å². The number of benzene rings is 1. The van der Waals surface area contributed by atoms with Crippen molar-refractivity contribution in [2.24, 2.45) is 23.7 Å². The van der Waals surface area contributed by atoms with Gasteiger partial charge >= 0.3 is 5.97 Å². The van der Waals surface area contributed by atoms with E-state index in [0.717, 1.165) is 31.2 Å². The molecular weight excluding hydrogens is 1020 g/mol. The van der Waals surface area contributed by atoms with Crippen molar-refractivity contribution < 1.29 is 71.6 Å². The van der Waals surface area contributed by atoms with E-state index < -0.39 is 131 Å². The highest BCUT2D eigenvalue weighted by Crippen LogP contribution is 2.41. The molecule has 4 fully saturated rings. The zero-order valence-electron chi connectivity index (χ0n) is 48.0. The first-order valence-electron chi connectivity index (χ1n) is 28.1. The Labute approximate surface area is 457 Å². The summed E-state index contributed by atoms with van der Waals surface area (Å²) in [6, 6.07) is 4.93. The molecule has 0 spiro atoms. The standard InChI is InChI=1S/C56H94FN5O14S/c1-14-45-56(10,68)49(64)37(6)61(12)30-33(2)27-54(8,67)51(35(4)48(36(5)52(66)74-45)75-46-28-55(9,71-13)50(65)38(7)73-46)76-53-47(63)44(25-34(3)72-53)60(11)24-23-41-31-62(59-58-41)42(29-57)26-39-19-21-43(22-20-39)77(69,70)32-40-17-15-16-18-40/h19-22,31,33-38,40,42,44-51,53,63-65,67-68H,14-18,23-30,32H2,1-13H3/t33-,34-,35+,36-,37-,38+,42+,44+,45-,46+,47-,48+,49-,50+,51-,53+,54-,55-,56-/m1/s1. The minimum absolute atomic E-state index is 0.0783. The lowest BCUT2D eigenvalue weighted by Gasteiger charge is -2.49. The van der Waals surface area contributed by atoms with Crippen LogP contribution >= 0.6 is 0 Å². The largest absolute Gasteiger partial charge is 0.459 e. The van der Waals surface area contributed by atoms with Gasteiger partial charge in [-0.3, -0.25) is 4.79 Å². The number of sulfone groups is 1. The molecule has 77 heavy (non-hydrogen) atoms. The van der Waals surface area contributed by atoms with E-state index in [-0.39, 0.29) is 48.2 Å². The zero-order chi connectivity index (χ0) is 56.9. The predicted molar refractivity (Wildman–Crippen MR) is 286 cm³/mol. The summed E-state index contributed by atoms with van der Waals surface area (Å²) in [5.41, 5.74) is -3.23. The van der Waals surface area contributed by atoms with Crippen molar-refractivity contribution in [3.63, 3.8) is 0 Å². The van der Waals surface area contributed by atoms with Crippen molar-refractivity contribution in [1.82, 2.24) is 24.8 Å². The third-order valence-electron chi connectivity index (χ3n) is 17.6. The molecule has 440 valence electrons. The fourth-order valence-electron chi connectivity index (χ4n) is 12.6. The highest BCUT2D eigenvalue weighted by molar-refractivity contribution is 7.91. The van der Waals surface area contributed by atoms with Crippen LogP contribution in [-0.2, 0) is 55.9 Å². The van der Waals surface area contributed by atoms with Crippen LogP contribution < -0.4 is 0 Å². The summed E-state index contributed by atoms with van der Waals surface area (Å²) >= 11 is 0. The first-order valence-corrected chi connectivity index (χ1v) is 29.8. The molecule has 1 saturated carbocycles. The first kappa shape index (κ1) is 63.4. The van der Waals surface area contributed by atoms with Crippen LogP contribution in [0.4, 0.5) is 4.39 Å². The number of hydrogen-bond donors (Lipinski definition) is 5. The van der Waals surface area contributed by atoms with E-state index in [4.69, 9.17) is 28.4 Å². The Hall–Kier alpha value is -2.77. The van der Waals surface area contributed by atoms with Crippen LogP contribution in [0.5, 0.6) is 0 Å². The minimum atomic E-state index is -3.42. The van der Waals surface area contributed by atoms with Gasteiger partial charge in [0, 0.05) is 57.2 Å². The highest BCUT2D eigenvalue weighted by atomic mass is 32.2. The molecule has 4 aliphatic rings. The molecule has 1 aliphatic carbocycles. The third-order valence-corrected chi connectivity index (χ3v) is 19.5. The molecule has 21 heteroatoms. The molecule has 19 atom stereocenters. The Morgan fingerprint density at radius 2 is 1.62 bits per heavy atom. The molecule has 4 heterocycles. The molecule has 6 rings (SSSR count). The van der Waals surface area contributed by atoms with Crippen molar-refractivity contribution in [2.45, 2.75) is 235 Å². The Morgan fingerprint density at radius 3 is 2.25 bits per heavy atom. The predicted octanol–water partition coefficient (Wildman–Crippen LogP) is 4.82. The van der Waals surface area contributed by atoms with Crippen LogP contribution in [0.3, 0.4) is 0 Å². The van der Waals surface area contributed by atoms with Gasteiger partial charge in [-0.05, 0) is 131 Å². The summed E-state index contributed by atoms with van der Waals surface area (Å²) < 4.78 is 80.6. The Kier molecular flexibility index (Phi) is 21.8. The number of alkyl halides is 1. The number of ether oxygens (including phenoxy) is 6. The highest BCUT2D eigenvalue weighted by Gasteiger charge is 2.53. The fourth-order valence-corrected chi connectivity index (χ4v) is 14.3. The maximum Gasteiger partial charge on any atom is 0.311 e. The average Bonchev–Trinajstić information content (AvgIpc) is 4.09. The van der Waals surface area contributed by atoms with Gasteiger partial charge in [0.25, 0.3) is 0 Å². The van der Waals surface area contributed by atoms with E-state index in [0.29, 0.717) is 31.6 Å². The van der Waals surface area contributed by atoms with Gasteiger partial charge in [-0.25, -0.2) is 17.5 Å². The minimum Gasteiger partial charge on any atom is -0.459 e. The number of hydrogen-bond acceptors (Lipinski definition) is 18. The summed E-state index contributed by atoms with van der Waals surface area (Å²) in [4.78, 5) is 18.7. The van der Waals surface area contributed by atoms with Crippen LogP contribution in [0.2, 0.25) is 0 Å². The first-order chi connectivity index (χ1) is 36.0. The topological polar surface area (TPSA) is 245 Å². The van der Waals surface area contributed by atoms with Gasteiger partial charge in [0.15, 0.2) is 22.4 Å². The van der Waals surface area contributed by atoms with E-state index in [1.54, 1.807) is 78.9 Å². The number of nitrogens with zero attached hydrogens (tertiary/aromatic N) is 5. The van der Waals surface area contributed by atoms with Gasteiger partial charge in [0.2, 0.25) is 0 Å². The lowest BCUT2D eigenvalue weighted by atomic mass is 9.77. The number of carbonyl (C=O) groups excluding carboxylic acids is 1. The molecule has 2 aromatic rings. The quantitative estimate of drug-likeness (QED) is 0.133. The van der Waals surface area contributed by atoms with Crippen molar-refractivity contribution in [3.05, 3.63) is 41.7 Å². The second kappa shape index (κ2) is 26.4. The number of likely N-dealkylation sites (N-methyl/N-ethyl adjacent to an activating group) is 2. The molecule has 3 saturated heterocycles. The van der Waals surface area contributed by atoms with E-state index in [1.165, 1.54) is 18.7 Å². The van der Waals surface area contributed by atoms with Gasteiger partial charge in [-0.2, -0.15) is 0 Å². The van der Waals surface area contributed by atoms with E-state index >= 15 is 0 Å². The number of halogens is 1. The Morgan fingerprint density at radius 1 is 0.961 bits per heavy atom. The Bertz CT molecular complexity index is 2290. The summed E-state index contributed by atoms with van der Waals surface area (Å²) in [7, 11) is 1.78. The van der Waals surface area contributed by atoms with E-state index in [1.807, 2.05) is 37.7 Å². The molecule has 0 amide bonds. The second-order valence-corrected chi connectivity index (χ2v) is 26.2. The van der Waals surface area contributed by atoms with Crippen molar-refractivity contribution >= 4 is 15.8 Å². The number of rotatable bonds is 17. The van der Waals surface area contributed by atoms with Gasteiger partial charge in [0.1, 0.15) is 36.7 Å². The van der Waals surface area contributed by atoms with Crippen LogP contribution in [-0.4, -0.2) is 202 Å². The molecule has 3 aliphatic heterocycles. The lowest BCUT2D eigenvalue weighted by molar-refractivity contribution is -0.318. The van der Waals surface area contributed by atoms with Crippen molar-refractivity contribution in [1.29, 1.82) is 0 Å². The molecule has 19 nitrogen and oxygen atoms in total.